The van der Waals surface area contributed by atoms with Crippen LogP contribution in [0.15, 0.2) is 36.4 Å². The summed E-state index contributed by atoms with van der Waals surface area (Å²) in [6, 6.07) is 11.4. The second-order valence-electron chi connectivity index (χ2n) is 4.69. The minimum atomic E-state index is -0.459. The number of hydrogen-bond donors (Lipinski definition) is 1. The summed E-state index contributed by atoms with van der Waals surface area (Å²) in [5, 5.41) is 2.74. The number of hydrogen-bond acceptors (Lipinski definition) is 4. The van der Waals surface area contributed by atoms with Gasteiger partial charge in [0.05, 0.1) is 0 Å². The van der Waals surface area contributed by atoms with Crippen LogP contribution in [0.4, 0.5) is 0 Å². The van der Waals surface area contributed by atoms with Gasteiger partial charge in [-0.05, 0) is 37.1 Å². The summed E-state index contributed by atoms with van der Waals surface area (Å²) in [6.45, 7) is 4.07. The molecule has 1 N–H and O–H groups in total. The average molecular weight is 303 g/mol. The van der Waals surface area contributed by atoms with Gasteiger partial charge in [-0.1, -0.05) is 24.3 Å². The summed E-state index contributed by atoms with van der Waals surface area (Å²) in [6.07, 6.45) is 0. The normalized spacial score (nSPS) is 10.2. The molecule has 0 spiro atoms. The maximum absolute atomic E-state index is 11.7. The fourth-order valence-electron chi connectivity index (χ4n) is 1.80. The molecule has 0 unspecified atom stereocenters. The smallest absolute Gasteiger partial charge is 0.348 e. The fraction of sp³-hybridized carbons (Fsp3) is 0.250. The Morgan fingerprint density at radius 1 is 1.14 bits per heavy atom. The van der Waals surface area contributed by atoms with Crippen molar-refractivity contribution < 1.29 is 14.3 Å². The first-order chi connectivity index (χ1) is 10.1. The number of thiophene rings is 1. The predicted octanol–water partition coefficient (Wildman–Crippen LogP) is 2.84. The molecule has 110 valence electrons. The fourth-order valence-corrected chi connectivity index (χ4v) is 2.56. The van der Waals surface area contributed by atoms with Crippen molar-refractivity contribution in [1.29, 1.82) is 0 Å². The molecule has 1 heterocycles. The average Bonchev–Trinajstić information content (AvgIpc) is 2.90. The van der Waals surface area contributed by atoms with Crippen molar-refractivity contribution in [1.82, 2.24) is 5.32 Å². The molecule has 2 aromatic rings. The van der Waals surface area contributed by atoms with Gasteiger partial charge in [0.1, 0.15) is 4.88 Å². The van der Waals surface area contributed by atoms with Crippen LogP contribution < -0.4 is 5.32 Å². The van der Waals surface area contributed by atoms with Gasteiger partial charge < -0.3 is 10.1 Å². The highest BCUT2D eigenvalue weighted by Gasteiger charge is 2.11. The molecule has 21 heavy (non-hydrogen) atoms. The summed E-state index contributed by atoms with van der Waals surface area (Å²) >= 11 is 1.35. The second-order valence-corrected chi connectivity index (χ2v) is 5.98. The highest BCUT2D eigenvalue weighted by atomic mass is 32.1. The lowest BCUT2D eigenvalue weighted by molar-refractivity contribution is -0.124. The van der Waals surface area contributed by atoms with Crippen LogP contribution in [-0.2, 0) is 16.1 Å². The van der Waals surface area contributed by atoms with Gasteiger partial charge in [-0.25, -0.2) is 4.79 Å². The van der Waals surface area contributed by atoms with E-state index >= 15 is 0 Å². The number of carbonyl (C=O) groups is 2. The number of benzene rings is 1. The van der Waals surface area contributed by atoms with E-state index in [9.17, 15) is 9.59 Å². The summed E-state index contributed by atoms with van der Waals surface area (Å²) in [5.41, 5.74) is 2.16. The van der Waals surface area contributed by atoms with E-state index in [2.05, 4.69) is 5.32 Å². The first-order valence-electron chi connectivity index (χ1n) is 6.61. The SMILES string of the molecule is Cc1ccc(C(=O)OCC(=O)NCc2ccccc2C)s1. The van der Waals surface area contributed by atoms with Crippen LogP contribution in [0.3, 0.4) is 0 Å². The van der Waals surface area contributed by atoms with Crippen LogP contribution in [-0.4, -0.2) is 18.5 Å². The van der Waals surface area contributed by atoms with Crippen LogP contribution in [0.1, 0.15) is 25.7 Å². The third-order valence-electron chi connectivity index (χ3n) is 3.01. The zero-order chi connectivity index (χ0) is 15.2. The molecule has 0 aliphatic carbocycles. The van der Waals surface area contributed by atoms with Crippen molar-refractivity contribution in [2.45, 2.75) is 20.4 Å². The lowest BCUT2D eigenvalue weighted by Gasteiger charge is -2.08. The maximum Gasteiger partial charge on any atom is 0.348 e. The molecule has 1 aromatic heterocycles. The molecule has 0 fully saturated rings. The van der Waals surface area contributed by atoms with Gasteiger partial charge in [0.15, 0.2) is 6.61 Å². The van der Waals surface area contributed by atoms with E-state index in [1.54, 1.807) is 6.07 Å². The molecule has 0 aliphatic heterocycles. The Morgan fingerprint density at radius 3 is 2.57 bits per heavy atom. The third kappa shape index (κ3) is 4.43. The Labute approximate surface area is 127 Å². The van der Waals surface area contributed by atoms with Gasteiger partial charge in [-0.3, -0.25) is 4.79 Å². The molecule has 0 saturated heterocycles. The van der Waals surface area contributed by atoms with Gasteiger partial charge >= 0.3 is 5.97 Å². The van der Waals surface area contributed by atoms with Crippen LogP contribution in [0.5, 0.6) is 0 Å². The quantitative estimate of drug-likeness (QED) is 0.864. The summed E-state index contributed by atoms with van der Waals surface area (Å²) < 4.78 is 4.98. The third-order valence-corrected chi connectivity index (χ3v) is 3.99. The van der Waals surface area contributed by atoms with Crippen molar-refractivity contribution in [2.75, 3.05) is 6.61 Å². The number of rotatable bonds is 5. The second kappa shape index (κ2) is 7.04. The van der Waals surface area contributed by atoms with Crippen LogP contribution >= 0.6 is 11.3 Å². The highest BCUT2D eigenvalue weighted by molar-refractivity contribution is 7.13. The lowest BCUT2D eigenvalue weighted by atomic mass is 10.1. The summed E-state index contributed by atoms with van der Waals surface area (Å²) in [7, 11) is 0. The van der Waals surface area contributed by atoms with Crippen molar-refractivity contribution in [3.63, 3.8) is 0 Å². The van der Waals surface area contributed by atoms with Gasteiger partial charge in [0.25, 0.3) is 5.91 Å². The van der Waals surface area contributed by atoms with E-state index in [1.807, 2.05) is 44.2 Å². The maximum atomic E-state index is 11.7. The Hall–Kier alpha value is -2.14. The molecule has 1 aromatic carbocycles. The van der Waals surface area contributed by atoms with Gasteiger partial charge in [-0.2, -0.15) is 0 Å². The van der Waals surface area contributed by atoms with E-state index in [4.69, 9.17) is 4.74 Å². The highest BCUT2D eigenvalue weighted by Crippen LogP contribution is 2.15. The Balaban J connectivity index is 1.78. The number of ether oxygens (including phenoxy) is 1. The first kappa shape index (κ1) is 15.3. The topological polar surface area (TPSA) is 55.4 Å². The van der Waals surface area contributed by atoms with Crippen molar-refractivity contribution in [3.8, 4) is 0 Å². The molecule has 0 saturated carbocycles. The Morgan fingerprint density at radius 2 is 1.90 bits per heavy atom. The number of amides is 1. The predicted molar refractivity (Wildman–Crippen MR) is 82.4 cm³/mol. The number of nitrogens with one attached hydrogen (secondary N) is 1. The molecule has 0 radical (unpaired) electrons. The van der Waals surface area contributed by atoms with Crippen molar-refractivity contribution in [2.24, 2.45) is 0 Å². The standard InChI is InChI=1S/C16H17NO3S/c1-11-5-3-4-6-13(11)9-17-15(18)10-20-16(19)14-8-7-12(2)21-14/h3-8H,9-10H2,1-2H3,(H,17,18). The van der Waals surface area contributed by atoms with E-state index < -0.39 is 5.97 Å². The van der Waals surface area contributed by atoms with Crippen LogP contribution in [0, 0.1) is 13.8 Å². The Bertz CT molecular complexity index is 648. The number of aryl methyl sites for hydroxylation is 2. The summed E-state index contributed by atoms with van der Waals surface area (Å²) in [5.74, 6) is -0.765. The van der Waals surface area contributed by atoms with E-state index in [0.29, 0.717) is 11.4 Å². The van der Waals surface area contributed by atoms with E-state index in [0.717, 1.165) is 16.0 Å². The molecule has 4 nitrogen and oxygen atoms in total. The van der Waals surface area contributed by atoms with Gasteiger partial charge in [0.2, 0.25) is 0 Å². The molecule has 2 rings (SSSR count). The first-order valence-corrected chi connectivity index (χ1v) is 7.42. The van der Waals surface area contributed by atoms with Crippen molar-refractivity contribution >= 4 is 23.2 Å². The van der Waals surface area contributed by atoms with Crippen LogP contribution in [0.25, 0.3) is 0 Å². The number of esters is 1. The lowest BCUT2D eigenvalue weighted by Crippen LogP contribution is -2.28. The molecule has 0 aliphatic rings. The minimum absolute atomic E-state index is 0.262. The van der Waals surface area contributed by atoms with Gasteiger partial charge in [0, 0.05) is 11.4 Å². The molecule has 0 atom stereocenters. The van der Waals surface area contributed by atoms with E-state index in [1.165, 1.54) is 11.3 Å². The van der Waals surface area contributed by atoms with E-state index in [-0.39, 0.29) is 12.5 Å². The zero-order valence-electron chi connectivity index (χ0n) is 12.0. The largest absolute Gasteiger partial charge is 0.451 e. The molecule has 5 heteroatoms. The molecular weight excluding hydrogens is 286 g/mol. The Kier molecular flexibility index (Phi) is 5.11. The molecular formula is C16H17NO3S. The summed E-state index contributed by atoms with van der Waals surface area (Å²) in [4.78, 5) is 24.9. The van der Waals surface area contributed by atoms with Gasteiger partial charge in [-0.15, -0.1) is 11.3 Å². The zero-order valence-corrected chi connectivity index (χ0v) is 12.8. The van der Waals surface area contributed by atoms with Crippen LogP contribution in [0.2, 0.25) is 0 Å². The minimum Gasteiger partial charge on any atom is -0.451 e. The monoisotopic (exact) mass is 303 g/mol. The van der Waals surface area contributed by atoms with Crippen molar-refractivity contribution in [3.05, 3.63) is 57.3 Å². The number of carbonyl (C=O) groups excluding carboxylic acids is 2. The molecule has 1 amide bonds. The molecule has 0 bridgehead atoms.